The van der Waals surface area contributed by atoms with Crippen molar-refractivity contribution in [3.8, 4) is 0 Å². The highest BCUT2D eigenvalue weighted by molar-refractivity contribution is 5.75. The van der Waals surface area contributed by atoms with Gasteiger partial charge in [-0.1, -0.05) is 0 Å². The fourth-order valence-corrected chi connectivity index (χ4v) is 5.85. The number of hydrogen-bond donors (Lipinski definition) is 13. The predicted octanol–water partition coefficient (Wildman–Crippen LogP) is -7.49. The molecular weight excluding hydrogens is 590 g/mol. The second-order valence-electron chi connectivity index (χ2n) is 11.5. The van der Waals surface area contributed by atoms with Crippen molar-refractivity contribution >= 4 is 5.91 Å². The molecule has 0 bridgehead atoms. The quantitative estimate of drug-likeness (QED) is 0.0475. The molecule has 0 aromatic heterocycles. The average Bonchev–Trinajstić information content (AvgIpc) is 3.00. The summed E-state index contributed by atoms with van der Waals surface area (Å²) in [6, 6.07) is -3.20. The van der Waals surface area contributed by atoms with Gasteiger partial charge in [-0.05, 0) is 31.8 Å². The van der Waals surface area contributed by atoms with Gasteiger partial charge in [0.1, 0.15) is 48.8 Å². The Morgan fingerprint density at radius 3 is 2.14 bits per heavy atom. The summed E-state index contributed by atoms with van der Waals surface area (Å²) >= 11 is 0. The first-order chi connectivity index (χ1) is 20.9. The molecule has 15 atom stereocenters. The van der Waals surface area contributed by atoms with Crippen molar-refractivity contribution in [1.29, 1.82) is 0 Å². The first kappa shape index (κ1) is 37.2. The van der Waals surface area contributed by atoms with E-state index in [2.05, 4.69) is 5.32 Å². The first-order valence-corrected chi connectivity index (χ1v) is 14.9. The van der Waals surface area contributed by atoms with E-state index in [-0.39, 0.29) is 32.5 Å². The molecule has 0 aromatic carbocycles. The Labute approximate surface area is 255 Å². The number of nitrogens with two attached hydrogens (primary N) is 5. The number of nitrogens with one attached hydrogen (secondary N) is 1. The second kappa shape index (κ2) is 17.1. The molecule has 19 heteroatoms. The van der Waals surface area contributed by atoms with Crippen LogP contribution < -0.4 is 34.0 Å². The zero-order chi connectivity index (χ0) is 32.7. The summed E-state index contributed by atoms with van der Waals surface area (Å²) in [7, 11) is 0. The van der Waals surface area contributed by atoms with E-state index in [1.807, 2.05) is 0 Å². The van der Waals surface area contributed by atoms with Crippen molar-refractivity contribution in [2.24, 2.45) is 34.6 Å². The zero-order valence-corrected chi connectivity index (χ0v) is 24.5. The summed E-state index contributed by atoms with van der Waals surface area (Å²) in [5, 5.41) is 77.1. The van der Waals surface area contributed by atoms with Gasteiger partial charge in [-0.2, -0.15) is 0 Å². The van der Waals surface area contributed by atoms with E-state index in [1.165, 1.54) is 0 Å². The molecule has 0 radical (unpaired) electrons. The normalized spacial score (nSPS) is 43.1. The fraction of sp³-hybridized carbons (Fsp3) is 0.960. The van der Waals surface area contributed by atoms with E-state index in [0.717, 1.165) is 0 Å². The Morgan fingerprint density at radius 2 is 1.52 bits per heavy atom. The smallest absolute Gasteiger partial charge is 0.246 e. The summed E-state index contributed by atoms with van der Waals surface area (Å²) in [4.78, 5) is 12.8. The third-order valence-corrected chi connectivity index (χ3v) is 8.41. The van der Waals surface area contributed by atoms with E-state index >= 15 is 0 Å². The lowest BCUT2D eigenvalue weighted by atomic mass is 9.77. The van der Waals surface area contributed by atoms with Crippen LogP contribution in [0.5, 0.6) is 0 Å². The average molecular weight is 642 g/mol. The van der Waals surface area contributed by atoms with Crippen molar-refractivity contribution in [3.63, 3.8) is 0 Å². The third-order valence-electron chi connectivity index (χ3n) is 8.41. The lowest BCUT2D eigenvalue weighted by Gasteiger charge is -2.49. The van der Waals surface area contributed by atoms with Crippen molar-refractivity contribution in [2.75, 3.05) is 39.3 Å². The SMILES string of the molecule is NCCCN[C@H]1[C@@H](OC2[C@@H](N)C[C@@H](CC(=O)N(O)CCN)[C@H](O[C@H]3O[C@H](CO)[C@@H](O)[C@H](N)[C@H]3O)[C@H]2O)O[C@H](CN)[C@@H](O)[C@@H]1O. The molecule has 19 nitrogen and oxygen atoms in total. The zero-order valence-electron chi connectivity index (χ0n) is 24.5. The van der Waals surface area contributed by atoms with Crippen molar-refractivity contribution in [2.45, 2.75) is 105 Å². The molecule has 258 valence electrons. The van der Waals surface area contributed by atoms with Gasteiger partial charge in [0.05, 0.1) is 31.3 Å². The number of carbonyl (C=O) groups excluding carboxylic acids is 1. The maximum atomic E-state index is 12.8. The molecule has 2 heterocycles. The largest absolute Gasteiger partial charge is 0.394 e. The minimum atomic E-state index is -1.61. The molecule has 2 saturated heterocycles. The molecule has 1 saturated carbocycles. The summed E-state index contributed by atoms with van der Waals surface area (Å²) in [5.41, 5.74) is 29.1. The number of hydroxylamine groups is 2. The van der Waals surface area contributed by atoms with Crippen LogP contribution in [0.4, 0.5) is 0 Å². The van der Waals surface area contributed by atoms with E-state index in [0.29, 0.717) is 24.6 Å². The van der Waals surface area contributed by atoms with E-state index < -0.39 is 104 Å². The van der Waals surface area contributed by atoms with Crippen LogP contribution in [0, 0.1) is 5.92 Å². The van der Waals surface area contributed by atoms with Gasteiger partial charge in [-0.25, -0.2) is 5.06 Å². The maximum absolute atomic E-state index is 12.8. The number of nitrogens with zero attached hydrogens (tertiary/aromatic N) is 1. The molecule has 18 N–H and O–H groups in total. The molecule has 3 fully saturated rings. The highest BCUT2D eigenvalue weighted by Gasteiger charge is 2.52. The van der Waals surface area contributed by atoms with Crippen LogP contribution in [0.2, 0.25) is 0 Å². The topological polar surface area (TPSA) is 341 Å². The van der Waals surface area contributed by atoms with Crippen molar-refractivity contribution < 1.29 is 59.6 Å². The van der Waals surface area contributed by atoms with E-state index in [1.54, 1.807) is 0 Å². The standard InChI is InChI=1S/C25H51N7O12/c26-2-1-4-31-16-20(38)18(36)12(8-28)41-24(16)44-23-11(29)6-10(7-14(34)32(40)5-3-27)22(21(23)39)43-25-19(37)15(30)17(35)13(9-33)42-25/h10-13,15-25,31,33,35-40H,1-9,26-30H2/t10-,11-,12+,13+,15-,16+,17+,18+,19+,20+,21+,22-,23?,24+,25+/m0/s1. The number of carbonyl (C=O) groups is 1. The monoisotopic (exact) mass is 641 g/mol. The number of aliphatic hydroxyl groups is 6. The molecule has 1 unspecified atom stereocenters. The highest BCUT2D eigenvalue weighted by atomic mass is 16.7. The van der Waals surface area contributed by atoms with Crippen LogP contribution in [0.3, 0.4) is 0 Å². The second-order valence-corrected chi connectivity index (χ2v) is 11.5. The molecule has 0 spiro atoms. The minimum absolute atomic E-state index is 0.000987. The molecular formula is C25H51N7O12. The van der Waals surface area contributed by atoms with Gasteiger partial charge in [0, 0.05) is 25.6 Å². The van der Waals surface area contributed by atoms with Crippen LogP contribution in [-0.2, 0) is 23.7 Å². The summed E-state index contributed by atoms with van der Waals surface area (Å²) in [6.07, 6.45) is -14.8. The van der Waals surface area contributed by atoms with Crippen LogP contribution in [0.15, 0.2) is 0 Å². The van der Waals surface area contributed by atoms with E-state index in [9.17, 15) is 40.6 Å². The van der Waals surface area contributed by atoms with Gasteiger partial charge in [0.25, 0.3) is 0 Å². The number of ether oxygens (including phenoxy) is 4. The lowest BCUT2D eigenvalue weighted by molar-refractivity contribution is -0.324. The molecule has 1 amide bonds. The molecule has 3 rings (SSSR count). The lowest BCUT2D eigenvalue weighted by Crippen LogP contribution is -2.68. The first-order valence-electron chi connectivity index (χ1n) is 14.9. The molecule has 1 aliphatic carbocycles. The fourth-order valence-electron chi connectivity index (χ4n) is 5.85. The Balaban J connectivity index is 1.88. The van der Waals surface area contributed by atoms with Crippen LogP contribution >= 0.6 is 0 Å². The van der Waals surface area contributed by atoms with Gasteiger partial charge in [-0.15, -0.1) is 0 Å². The van der Waals surface area contributed by atoms with Gasteiger partial charge < -0.3 is 83.6 Å². The third kappa shape index (κ3) is 8.57. The molecule has 2 aliphatic heterocycles. The Hall–Kier alpha value is -1.21. The van der Waals surface area contributed by atoms with Gasteiger partial charge in [0.15, 0.2) is 12.6 Å². The summed E-state index contributed by atoms with van der Waals surface area (Å²) < 4.78 is 23.6. The van der Waals surface area contributed by atoms with Crippen molar-refractivity contribution in [3.05, 3.63) is 0 Å². The Bertz CT molecular complexity index is 883. The number of aliphatic hydroxyl groups excluding tert-OH is 6. The highest BCUT2D eigenvalue weighted by Crippen LogP contribution is 2.36. The van der Waals surface area contributed by atoms with Crippen molar-refractivity contribution in [1.82, 2.24) is 10.4 Å². The van der Waals surface area contributed by atoms with E-state index in [4.69, 9.17) is 47.6 Å². The number of amides is 1. The van der Waals surface area contributed by atoms with Gasteiger partial charge >= 0.3 is 0 Å². The number of rotatable bonds is 14. The molecule has 0 aromatic rings. The van der Waals surface area contributed by atoms with Crippen LogP contribution in [-0.4, -0.2) is 172 Å². The van der Waals surface area contributed by atoms with Gasteiger partial charge in [0.2, 0.25) is 5.91 Å². The number of hydrogen-bond acceptors (Lipinski definition) is 18. The molecule has 3 aliphatic rings. The Kier molecular flexibility index (Phi) is 14.5. The van der Waals surface area contributed by atoms with Crippen LogP contribution in [0.1, 0.15) is 19.3 Å². The predicted molar refractivity (Wildman–Crippen MR) is 150 cm³/mol. The summed E-state index contributed by atoms with van der Waals surface area (Å²) in [5.74, 6) is -1.60. The molecule has 44 heavy (non-hydrogen) atoms. The Morgan fingerprint density at radius 1 is 0.864 bits per heavy atom. The van der Waals surface area contributed by atoms with Crippen LogP contribution in [0.25, 0.3) is 0 Å². The summed E-state index contributed by atoms with van der Waals surface area (Å²) in [6.45, 7) is -0.280. The maximum Gasteiger partial charge on any atom is 0.246 e. The van der Waals surface area contributed by atoms with Gasteiger partial charge in [-0.3, -0.25) is 10.0 Å². The minimum Gasteiger partial charge on any atom is -0.394 e.